The highest BCUT2D eigenvalue weighted by Crippen LogP contribution is 2.37. The summed E-state index contributed by atoms with van der Waals surface area (Å²) in [5, 5.41) is 4.02. The van der Waals surface area contributed by atoms with Crippen molar-refractivity contribution < 1.29 is 17.7 Å². The molecule has 3 rings (SSSR count). The molecule has 0 atom stereocenters. The summed E-state index contributed by atoms with van der Waals surface area (Å²) in [5.74, 6) is 0.587. The minimum atomic E-state index is -4.43. The van der Waals surface area contributed by atoms with Crippen molar-refractivity contribution >= 4 is 36.2 Å². The third kappa shape index (κ3) is 3.74. The lowest BCUT2D eigenvalue weighted by Crippen LogP contribution is -2.44. The molecule has 1 aliphatic carbocycles. The number of halogens is 5. The highest BCUT2D eigenvalue weighted by atomic mass is 35.5. The Kier molecular flexibility index (Phi) is 5.27. The quantitative estimate of drug-likeness (QED) is 0.841. The molecular weight excluding hydrogens is 366 g/mol. The Morgan fingerprint density at radius 1 is 1.25 bits per heavy atom. The molecule has 0 amide bonds. The van der Waals surface area contributed by atoms with Crippen LogP contribution in [0.3, 0.4) is 0 Å². The van der Waals surface area contributed by atoms with Crippen molar-refractivity contribution in [3.8, 4) is 0 Å². The van der Waals surface area contributed by atoms with Crippen LogP contribution < -0.4 is 5.73 Å². The lowest BCUT2D eigenvalue weighted by molar-refractivity contribution is -0.137. The van der Waals surface area contributed by atoms with Gasteiger partial charge < -0.3 is 10.3 Å². The van der Waals surface area contributed by atoms with Crippen molar-refractivity contribution in [1.29, 1.82) is 0 Å². The second-order valence-electron chi connectivity index (χ2n) is 5.53. The third-order valence-electron chi connectivity index (χ3n) is 3.86. The number of nitrogens with zero attached hydrogens (tertiary/aromatic N) is 2. The topological polar surface area (TPSA) is 64.9 Å². The molecular formula is C15H14Cl2F3N3O. The average Bonchev–Trinajstić information content (AvgIpc) is 2.92. The molecule has 0 aliphatic heterocycles. The maximum absolute atomic E-state index is 12.7. The molecule has 1 aromatic carbocycles. The lowest BCUT2D eigenvalue weighted by atomic mass is 9.77. The maximum Gasteiger partial charge on any atom is 0.416 e. The molecule has 2 N–H and O–H groups in total. The van der Waals surface area contributed by atoms with Gasteiger partial charge in [0.05, 0.1) is 11.1 Å². The highest BCUT2D eigenvalue weighted by Gasteiger charge is 2.38. The van der Waals surface area contributed by atoms with Crippen molar-refractivity contribution in [2.45, 2.75) is 31.0 Å². The molecule has 0 spiro atoms. The number of nitrogens with two attached hydrogens (primary N) is 1. The van der Waals surface area contributed by atoms with Gasteiger partial charge in [-0.1, -0.05) is 16.8 Å². The third-order valence-corrected chi connectivity index (χ3v) is 4.21. The molecule has 1 heterocycles. The van der Waals surface area contributed by atoms with E-state index in [1.54, 1.807) is 0 Å². The van der Waals surface area contributed by atoms with Gasteiger partial charge in [0, 0.05) is 11.1 Å². The molecule has 0 unspecified atom stereocenters. The summed E-state index contributed by atoms with van der Waals surface area (Å²) in [4.78, 5) is 4.17. The average molecular weight is 380 g/mol. The van der Waals surface area contributed by atoms with Gasteiger partial charge in [0.15, 0.2) is 5.82 Å². The van der Waals surface area contributed by atoms with E-state index in [1.165, 1.54) is 18.2 Å². The molecule has 0 saturated heterocycles. The Balaban J connectivity index is 0.00000208. The minimum Gasteiger partial charge on any atom is -0.335 e. The predicted molar refractivity (Wildman–Crippen MR) is 86.6 cm³/mol. The van der Waals surface area contributed by atoms with Gasteiger partial charge in [0.1, 0.15) is 0 Å². The standard InChI is InChI=1S/C15H13ClF3N3O.ClH/c16-11-4-3-10(15(17,18)19)8-9(11)2-5-12-21-13(22-23-12)14(20)6-1-7-14;/h2-5,8H,1,6-7,20H2;1H/b5-2+;. The minimum absolute atomic E-state index is 0. The predicted octanol–water partition coefficient (Wildman–Crippen LogP) is 4.67. The van der Waals surface area contributed by atoms with Gasteiger partial charge in [0.25, 0.3) is 5.89 Å². The zero-order chi connectivity index (χ0) is 16.7. The first-order chi connectivity index (χ1) is 10.8. The van der Waals surface area contributed by atoms with E-state index < -0.39 is 17.3 Å². The van der Waals surface area contributed by atoms with E-state index in [2.05, 4.69) is 10.1 Å². The largest absolute Gasteiger partial charge is 0.416 e. The lowest BCUT2D eigenvalue weighted by Gasteiger charge is -2.34. The van der Waals surface area contributed by atoms with Crippen molar-refractivity contribution in [2.24, 2.45) is 5.73 Å². The monoisotopic (exact) mass is 379 g/mol. The molecule has 1 fully saturated rings. The van der Waals surface area contributed by atoms with Crippen LogP contribution >= 0.6 is 24.0 Å². The molecule has 24 heavy (non-hydrogen) atoms. The van der Waals surface area contributed by atoms with Gasteiger partial charge in [-0.05, 0) is 49.1 Å². The fourth-order valence-corrected chi connectivity index (χ4v) is 2.48. The summed E-state index contributed by atoms with van der Waals surface area (Å²) in [5.41, 5.74) is 4.97. The van der Waals surface area contributed by atoms with E-state index in [0.29, 0.717) is 5.82 Å². The molecule has 1 aromatic heterocycles. The second kappa shape index (κ2) is 6.74. The van der Waals surface area contributed by atoms with Crippen molar-refractivity contribution in [3.05, 3.63) is 46.1 Å². The van der Waals surface area contributed by atoms with Gasteiger partial charge in [-0.2, -0.15) is 18.2 Å². The molecule has 130 valence electrons. The Hall–Kier alpha value is -1.57. The molecule has 1 saturated carbocycles. The fourth-order valence-electron chi connectivity index (χ4n) is 2.30. The summed E-state index contributed by atoms with van der Waals surface area (Å²) in [7, 11) is 0. The number of hydrogen-bond donors (Lipinski definition) is 1. The molecule has 9 heteroatoms. The molecule has 4 nitrogen and oxygen atoms in total. The van der Waals surface area contributed by atoms with Gasteiger partial charge in [-0.25, -0.2) is 0 Å². The van der Waals surface area contributed by atoms with Gasteiger partial charge in [0.2, 0.25) is 0 Å². The zero-order valence-electron chi connectivity index (χ0n) is 12.3. The van der Waals surface area contributed by atoms with Gasteiger partial charge in [-0.3, -0.25) is 0 Å². The summed E-state index contributed by atoms with van der Waals surface area (Å²) in [6.07, 6.45) is 0.972. The Morgan fingerprint density at radius 2 is 1.96 bits per heavy atom. The van der Waals surface area contributed by atoms with E-state index >= 15 is 0 Å². The molecule has 0 bridgehead atoms. The summed E-state index contributed by atoms with van der Waals surface area (Å²) >= 11 is 5.92. The zero-order valence-corrected chi connectivity index (χ0v) is 13.9. The van der Waals surface area contributed by atoms with Crippen molar-refractivity contribution in [2.75, 3.05) is 0 Å². The number of benzene rings is 1. The van der Waals surface area contributed by atoms with Crippen LogP contribution in [0.1, 0.15) is 42.1 Å². The van der Waals surface area contributed by atoms with E-state index in [9.17, 15) is 13.2 Å². The van der Waals surface area contributed by atoms with Crippen LogP contribution in [-0.2, 0) is 11.7 Å². The van der Waals surface area contributed by atoms with Crippen LogP contribution in [0.4, 0.5) is 13.2 Å². The van der Waals surface area contributed by atoms with Gasteiger partial charge >= 0.3 is 6.18 Å². The second-order valence-corrected chi connectivity index (χ2v) is 5.94. The first kappa shape index (κ1) is 18.8. The number of rotatable bonds is 3. The molecule has 1 aliphatic rings. The van der Waals surface area contributed by atoms with Crippen molar-refractivity contribution in [3.63, 3.8) is 0 Å². The Morgan fingerprint density at radius 3 is 2.54 bits per heavy atom. The summed E-state index contributed by atoms with van der Waals surface area (Å²) < 4.78 is 43.2. The van der Waals surface area contributed by atoms with E-state index in [0.717, 1.165) is 31.4 Å². The molecule has 0 radical (unpaired) electrons. The number of alkyl halides is 3. The van der Waals surface area contributed by atoms with E-state index in [-0.39, 0.29) is 28.9 Å². The van der Waals surface area contributed by atoms with Crippen LogP contribution in [0.5, 0.6) is 0 Å². The summed E-state index contributed by atoms with van der Waals surface area (Å²) in [6.45, 7) is 0. The normalized spacial score (nSPS) is 16.7. The number of aromatic nitrogens is 2. The first-order valence-electron chi connectivity index (χ1n) is 6.96. The smallest absolute Gasteiger partial charge is 0.335 e. The van der Waals surface area contributed by atoms with Crippen LogP contribution in [0.25, 0.3) is 12.2 Å². The van der Waals surface area contributed by atoms with Gasteiger partial charge in [-0.15, -0.1) is 12.4 Å². The summed E-state index contributed by atoms with van der Waals surface area (Å²) in [6, 6.07) is 3.10. The van der Waals surface area contributed by atoms with Crippen LogP contribution in [-0.4, -0.2) is 10.1 Å². The highest BCUT2D eigenvalue weighted by molar-refractivity contribution is 6.32. The van der Waals surface area contributed by atoms with Crippen LogP contribution in [0, 0.1) is 0 Å². The van der Waals surface area contributed by atoms with Crippen molar-refractivity contribution in [1.82, 2.24) is 10.1 Å². The molecule has 2 aromatic rings. The fraction of sp³-hybridized carbons (Fsp3) is 0.333. The maximum atomic E-state index is 12.7. The Bertz CT molecular complexity index is 755. The van der Waals surface area contributed by atoms with E-state index in [1.807, 2.05) is 0 Å². The van der Waals surface area contributed by atoms with Crippen LogP contribution in [0.15, 0.2) is 22.7 Å². The van der Waals surface area contributed by atoms with E-state index in [4.69, 9.17) is 21.9 Å². The Labute approximate surface area is 147 Å². The van der Waals surface area contributed by atoms with Crippen LogP contribution in [0.2, 0.25) is 5.02 Å². The SMILES string of the molecule is Cl.NC1(c2noc(/C=C/c3cc(C(F)(F)F)ccc3Cl)n2)CCC1. The first-order valence-corrected chi connectivity index (χ1v) is 7.34. The number of hydrogen-bond acceptors (Lipinski definition) is 4.